The van der Waals surface area contributed by atoms with Crippen molar-refractivity contribution in [3.63, 3.8) is 0 Å². The normalized spacial score (nSPS) is 10.4. The van der Waals surface area contributed by atoms with Gasteiger partial charge in [0.05, 0.1) is 7.11 Å². The van der Waals surface area contributed by atoms with Gasteiger partial charge in [0.25, 0.3) is 5.91 Å². The van der Waals surface area contributed by atoms with Gasteiger partial charge in [0.15, 0.2) is 11.4 Å². The van der Waals surface area contributed by atoms with Gasteiger partial charge in [-0.1, -0.05) is 11.2 Å². The van der Waals surface area contributed by atoms with Gasteiger partial charge in [0.2, 0.25) is 0 Å². The van der Waals surface area contributed by atoms with Gasteiger partial charge in [-0.2, -0.15) is 0 Å². The van der Waals surface area contributed by atoms with E-state index in [0.29, 0.717) is 28.1 Å². The van der Waals surface area contributed by atoms with Gasteiger partial charge in [-0.25, -0.2) is 0 Å². The van der Waals surface area contributed by atoms with Crippen LogP contribution in [0.3, 0.4) is 0 Å². The quantitative estimate of drug-likeness (QED) is 0.790. The first-order valence-electron chi connectivity index (χ1n) is 5.93. The fourth-order valence-electron chi connectivity index (χ4n) is 1.90. The van der Waals surface area contributed by atoms with Gasteiger partial charge >= 0.3 is 0 Å². The van der Waals surface area contributed by atoms with Crippen LogP contribution in [0.15, 0.2) is 47.2 Å². The predicted molar refractivity (Wildman–Crippen MR) is 72.8 cm³/mol. The number of hydrogen-bond acceptors (Lipinski definition) is 5. The third kappa shape index (κ3) is 2.07. The van der Waals surface area contributed by atoms with Gasteiger partial charge in [0, 0.05) is 18.0 Å². The topological polar surface area (TPSA) is 77.3 Å². The molecular formula is C14H11N3O3. The first kappa shape index (κ1) is 12.2. The number of ether oxygens (including phenoxy) is 1. The number of rotatable bonds is 3. The highest BCUT2D eigenvalue weighted by molar-refractivity contribution is 6.08. The monoisotopic (exact) mass is 269 g/mol. The number of amides is 1. The van der Waals surface area contributed by atoms with Crippen molar-refractivity contribution in [1.82, 2.24) is 10.1 Å². The summed E-state index contributed by atoms with van der Waals surface area (Å²) in [5, 5.41) is 7.21. The van der Waals surface area contributed by atoms with E-state index in [9.17, 15) is 4.79 Å². The molecule has 0 aliphatic heterocycles. The van der Waals surface area contributed by atoms with E-state index < -0.39 is 0 Å². The largest absolute Gasteiger partial charge is 0.496 e. The van der Waals surface area contributed by atoms with E-state index in [0.717, 1.165) is 0 Å². The highest BCUT2D eigenvalue weighted by Crippen LogP contribution is 2.31. The van der Waals surface area contributed by atoms with Crippen molar-refractivity contribution in [3.8, 4) is 5.75 Å². The Bertz CT molecular complexity index is 753. The third-order valence-electron chi connectivity index (χ3n) is 2.85. The molecule has 0 aliphatic rings. The van der Waals surface area contributed by atoms with Crippen LogP contribution in [0.5, 0.6) is 5.75 Å². The molecule has 6 nitrogen and oxygen atoms in total. The number of nitrogens with one attached hydrogen (secondary N) is 1. The highest BCUT2D eigenvalue weighted by atomic mass is 16.5. The molecule has 0 atom stereocenters. The van der Waals surface area contributed by atoms with Crippen LogP contribution < -0.4 is 10.1 Å². The molecule has 1 N–H and O–H groups in total. The van der Waals surface area contributed by atoms with Crippen LogP contribution in [-0.4, -0.2) is 23.2 Å². The van der Waals surface area contributed by atoms with Crippen LogP contribution in [0.4, 0.5) is 5.82 Å². The first-order valence-corrected chi connectivity index (χ1v) is 5.93. The molecule has 0 bridgehead atoms. The lowest BCUT2D eigenvalue weighted by atomic mass is 10.2. The predicted octanol–water partition coefficient (Wildman–Crippen LogP) is 2.48. The lowest BCUT2D eigenvalue weighted by molar-refractivity contribution is 0.102. The Balaban J connectivity index is 1.97. The summed E-state index contributed by atoms with van der Waals surface area (Å²) in [5.41, 5.74) is 1.04. The number of aromatic nitrogens is 2. The molecule has 20 heavy (non-hydrogen) atoms. The zero-order valence-electron chi connectivity index (χ0n) is 10.7. The van der Waals surface area contributed by atoms with Crippen molar-refractivity contribution >= 4 is 22.7 Å². The van der Waals surface area contributed by atoms with Crippen molar-refractivity contribution in [2.45, 2.75) is 0 Å². The summed E-state index contributed by atoms with van der Waals surface area (Å²) < 4.78 is 10.4. The summed E-state index contributed by atoms with van der Waals surface area (Å²) in [7, 11) is 1.55. The summed E-state index contributed by atoms with van der Waals surface area (Å²) in [5.74, 6) is 0.640. The zero-order valence-corrected chi connectivity index (χ0v) is 10.7. The van der Waals surface area contributed by atoms with E-state index >= 15 is 0 Å². The molecule has 0 unspecified atom stereocenters. The van der Waals surface area contributed by atoms with Crippen LogP contribution >= 0.6 is 0 Å². The molecule has 100 valence electrons. The summed E-state index contributed by atoms with van der Waals surface area (Å²) in [6.45, 7) is 0. The van der Waals surface area contributed by atoms with Gasteiger partial charge in [0.1, 0.15) is 11.1 Å². The average molecular weight is 269 g/mol. The van der Waals surface area contributed by atoms with Crippen molar-refractivity contribution in [2.24, 2.45) is 0 Å². The van der Waals surface area contributed by atoms with Gasteiger partial charge in [-0.15, -0.1) is 0 Å². The number of methoxy groups -OCH3 is 1. The number of hydrogen-bond donors (Lipinski definition) is 1. The van der Waals surface area contributed by atoms with Crippen LogP contribution in [0.2, 0.25) is 0 Å². The lowest BCUT2D eigenvalue weighted by Gasteiger charge is -2.04. The molecule has 3 aromatic rings. The highest BCUT2D eigenvalue weighted by Gasteiger charge is 2.16. The number of anilines is 1. The van der Waals surface area contributed by atoms with E-state index in [1.807, 2.05) is 0 Å². The molecule has 6 heteroatoms. The van der Waals surface area contributed by atoms with Crippen molar-refractivity contribution in [2.75, 3.05) is 12.4 Å². The Morgan fingerprint density at radius 2 is 2.05 bits per heavy atom. The van der Waals surface area contributed by atoms with Gasteiger partial charge < -0.3 is 14.6 Å². The van der Waals surface area contributed by atoms with Crippen LogP contribution in [0, 0.1) is 0 Å². The van der Waals surface area contributed by atoms with Gasteiger partial charge in [-0.05, 0) is 24.3 Å². The van der Waals surface area contributed by atoms with Crippen molar-refractivity contribution in [3.05, 3.63) is 48.3 Å². The third-order valence-corrected chi connectivity index (χ3v) is 2.85. The smallest absolute Gasteiger partial charge is 0.257 e. The maximum absolute atomic E-state index is 12.1. The van der Waals surface area contributed by atoms with E-state index in [-0.39, 0.29) is 5.91 Å². The minimum atomic E-state index is -0.284. The van der Waals surface area contributed by atoms with Crippen LogP contribution in [-0.2, 0) is 0 Å². The van der Waals surface area contributed by atoms with Crippen molar-refractivity contribution in [1.29, 1.82) is 0 Å². The standard InChI is InChI=1S/C14H11N3O3/c1-19-10-3-2-4-11-12(10)13(17-20-11)16-14(18)9-5-7-15-8-6-9/h2-8H,1H3,(H,16,17,18). The number of carbonyl (C=O) groups is 1. The lowest BCUT2D eigenvalue weighted by Crippen LogP contribution is -2.12. The Kier molecular flexibility index (Phi) is 3.04. The van der Waals surface area contributed by atoms with Gasteiger partial charge in [-0.3, -0.25) is 9.78 Å². The minimum Gasteiger partial charge on any atom is -0.496 e. The second-order valence-corrected chi connectivity index (χ2v) is 4.05. The number of pyridine rings is 1. The fourth-order valence-corrected chi connectivity index (χ4v) is 1.90. The molecule has 3 rings (SSSR count). The number of nitrogens with zero attached hydrogens (tertiary/aromatic N) is 2. The molecule has 0 radical (unpaired) electrons. The summed E-state index contributed by atoms with van der Waals surface area (Å²) in [6, 6.07) is 8.57. The van der Waals surface area contributed by atoms with E-state index in [1.54, 1.807) is 49.8 Å². The summed E-state index contributed by atoms with van der Waals surface area (Å²) in [6.07, 6.45) is 3.10. The first-order chi connectivity index (χ1) is 9.79. The molecule has 0 aliphatic carbocycles. The van der Waals surface area contributed by atoms with Crippen molar-refractivity contribution < 1.29 is 14.1 Å². The molecular weight excluding hydrogens is 258 g/mol. The summed E-state index contributed by atoms with van der Waals surface area (Å²) in [4.78, 5) is 16.0. The van der Waals surface area contributed by atoms with E-state index in [4.69, 9.17) is 9.26 Å². The fraction of sp³-hybridized carbons (Fsp3) is 0.0714. The molecule has 2 heterocycles. The number of fused-ring (bicyclic) bond motifs is 1. The maximum atomic E-state index is 12.1. The second-order valence-electron chi connectivity index (χ2n) is 4.05. The Morgan fingerprint density at radius 1 is 1.25 bits per heavy atom. The van der Waals surface area contributed by atoms with Crippen LogP contribution in [0.1, 0.15) is 10.4 Å². The Hall–Kier alpha value is -2.89. The Morgan fingerprint density at radius 3 is 2.80 bits per heavy atom. The molecule has 1 aromatic carbocycles. The minimum absolute atomic E-state index is 0.284. The zero-order chi connectivity index (χ0) is 13.9. The molecule has 0 spiro atoms. The van der Waals surface area contributed by atoms with E-state index in [1.165, 1.54) is 0 Å². The second kappa shape index (κ2) is 5.00. The maximum Gasteiger partial charge on any atom is 0.257 e. The molecule has 0 saturated carbocycles. The molecule has 2 aromatic heterocycles. The number of carbonyl (C=O) groups excluding carboxylic acids is 1. The number of benzene rings is 1. The van der Waals surface area contributed by atoms with E-state index in [2.05, 4.69) is 15.5 Å². The summed E-state index contributed by atoms with van der Waals surface area (Å²) >= 11 is 0. The SMILES string of the molecule is COc1cccc2onc(NC(=O)c3ccncc3)c12. The average Bonchev–Trinajstić information content (AvgIpc) is 2.91. The molecule has 1 amide bonds. The Labute approximate surface area is 114 Å². The molecule has 0 saturated heterocycles. The molecule has 0 fully saturated rings. The van der Waals surface area contributed by atoms with Crippen LogP contribution in [0.25, 0.3) is 11.0 Å².